The minimum Gasteiger partial charge on any atom is -0.377 e. The molecular formula is C15H24BrNOS. The Bertz CT molecular complexity index is 376. The van der Waals surface area contributed by atoms with Gasteiger partial charge in [-0.15, -0.1) is 11.3 Å². The van der Waals surface area contributed by atoms with Gasteiger partial charge in [0.25, 0.3) is 0 Å². The van der Waals surface area contributed by atoms with Gasteiger partial charge in [0, 0.05) is 28.4 Å². The predicted octanol–water partition coefficient (Wildman–Crippen LogP) is 4.37. The van der Waals surface area contributed by atoms with E-state index in [0.717, 1.165) is 13.0 Å². The lowest BCUT2D eigenvalue weighted by Crippen LogP contribution is -2.44. The molecule has 0 radical (unpaired) electrons. The van der Waals surface area contributed by atoms with Crippen LogP contribution in [0.15, 0.2) is 15.9 Å². The molecule has 0 bridgehead atoms. The van der Waals surface area contributed by atoms with Gasteiger partial charge in [-0.2, -0.15) is 0 Å². The Morgan fingerprint density at radius 3 is 2.74 bits per heavy atom. The molecule has 2 N–H and O–H groups in total. The van der Waals surface area contributed by atoms with Crippen molar-refractivity contribution < 1.29 is 4.74 Å². The zero-order valence-electron chi connectivity index (χ0n) is 11.6. The third kappa shape index (κ3) is 4.28. The Hall–Kier alpha value is 0.100. The maximum atomic E-state index is 6.46. The standard InChI is InChI=1S/C15H24BrNOS/c1-2-18-15(11-6-4-3-5-7-11)13(17)10-14-12(16)8-9-19-14/h8-9,11,13,15H,2-7,10,17H2,1H3. The molecule has 2 rings (SSSR count). The minimum atomic E-state index is 0.109. The van der Waals surface area contributed by atoms with E-state index in [1.165, 1.54) is 41.5 Å². The second kappa shape index (κ2) is 7.77. The van der Waals surface area contributed by atoms with Gasteiger partial charge in [0.05, 0.1) is 6.10 Å². The SMILES string of the molecule is CCOC(C(N)Cc1sccc1Br)C1CCCCC1. The Balaban J connectivity index is 1.98. The van der Waals surface area contributed by atoms with Crippen LogP contribution in [0.1, 0.15) is 43.9 Å². The molecule has 1 saturated carbocycles. The number of halogens is 1. The van der Waals surface area contributed by atoms with Crippen molar-refractivity contribution in [2.24, 2.45) is 11.7 Å². The highest BCUT2D eigenvalue weighted by molar-refractivity contribution is 9.10. The zero-order valence-corrected chi connectivity index (χ0v) is 14.0. The Kier molecular flexibility index (Phi) is 6.33. The lowest BCUT2D eigenvalue weighted by Gasteiger charge is -2.33. The molecule has 1 fully saturated rings. The van der Waals surface area contributed by atoms with E-state index in [1.807, 2.05) is 0 Å². The second-order valence-electron chi connectivity index (χ2n) is 5.38. The molecule has 2 unspecified atom stereocenters. The summed E-state index contributed by atoms with van der Waals surface area (Å²) < 4.78 is 7.18. The highest BCUT2D eigenvalue weighted by Gasteiger charge is 2.29. The van der Waals surface area contributed by atoms with Gasteiger partial charge in [0.15, 0.2) is 0 Å². The summed E-state index contributed by atoms with van der Waals surface area (Å²) in [5.41, 5.74) is 6.46. The van der Waals surface area contributed by atoms with Crippen LogP contribution in [-0.4, -0.2) is 18.8 Å². The molecule has 2 atom stereocenters. The van der Waals surface area contributed by atoms with Crippen LogP contribution in [0.4, 0.5) is 0 Å². The first-order chi connectivity index (χ1) is 9.22. The molecular weight excluding hydrogens is 322 g/mol. The molecule has 2 nitrogen and oxygen atoms in total. The summed E-state index contributed by atoms with van der Waals surface area (Å²) >= 11 is 5.37. The van der Waals surface area contributed by atoms with Crippen LogP contribution in [0.2, 0.25) is 0 Å². The van der Waals surface area contributed by atoms with Crippen molar-refractivity contribution in [3.05, 3.63) is 20.8 Å². The zero-order chi connectivity index (χ0) is 13.7. The van der Waals surface area contributed by atoms with E-state index in [-0.39, 0.29) is 12.1 Å². The summed E-state index contributed by atoms with van der Waals surface area (Å²) in [6, 6.07) is 2.21. The topological polar surface area (TPSA) is 35.2 Å². The first kappa shape index (κ1) is 15.5. The van der Waals surface area contributed by atoms with Crippen LogP contribution in [0.3, 0.4) is 0 Å². The van der Waals surface area contributed by atoms with Gasteiger partial charge in [-0.3, -0.25) is 0 Å². The van der Waals surface area contributed by atoms with Crippen molar-refractivity contribution in [2.45, 2.75) is 57.6 Å². The summed E-state index contributed by atoms with van der Waals surface area (Å²) in [5.74, 6) is 0.655. The molecule has 4 heteroatoms. The van der Waals surface area contributed by atoms with Crippen LogP contribution in [0.25, 0.3) is 0 Å². The van der Waals surface area contributed by atoms with Gasteiger partial charge < -0.3 is 10.5 Å². The van der Waals surface area contributed by atoms with Crippen LogP contribution < -0.4 is 5.73 Å². The summed E-state index contributed by atoms with van der Waals surface area (Å²) in [6.45, 7) is 2.84. The molecule has 0 saturated heterocycles. The Labute approximate surface area is 128 Å². The lowest BCUT2D eigenvalue weighted by atomic mass is 9.82. The van der Waals surface area contributed by atoms with Crippen LogP contribution in [0.5, 0.6) is 0 Å². The highest BCUT2D eigenvalue weighted by Crippen LogP contribution is 2.31. The van der Waals surface area contributed by atoms with Gasteiger partial charge in [0.2, 0.25) is 0 Å². The lowest BCUT2D eigenvalue weighted by molar-refractivity contribution is -0.00900. The summed E-state index contributed by atoms with van der Waals surface area (Å²) in [5, 5.41) is 2.11. The number of hydrogen-bond acceptors (Lipinski definition) is 3. The molecule has 19 heavy (non-hydrogen) atoms. The average molecular weight is 346 g/mol. The summed E-state index contributed by atoms with van der Waals surface area (Å²) in [6.07, 6.45) is 7.75. The van der Waals surface area contributed by atoms with E-state index in [1.54, 1.807) is 11.3 Å². The third-order valence-electron chi connectivity index (χ3n) is 4.01. The van der Waals surface area contributed by atoms with Gasteiger partial charge in [0.1, 0.15) is 0 Å². The van der Waals surface area contributed by atoms with E-state index in [9.17, 15) is 0 Å². The van der Waals surface area contributed by atoms with Gasteiger partial charge >= 0.3 is 0 Å². The monoisotopic (exact) mass is 345 g/mol. The molecule has 108 valence electrons. The second-order valence-corrected chi connectivity index (χ2v) is 7.23. The van der Waals surface area contributed by atoms with Gasteiger partial charge in [-0.05, 0) is 53.1 Å². The van der Waals surface area contributed by atoms with Crippen molar-refractivity contribution in [3.63, 3.8) is 0 Å². The molecule has 1 aliphatic rings. The molecule has 0 aliphatic heterocycles. The quantitative estimate of drug-likeness (QED) is 0.830. The van der Waals surface area contributed by atoms with Crippen molar-refractivity contribution >= 4 is 27.3 Å². The highest BCUT2D eigenvalue weighted by atomic mass is 79.9. The van der Waals surface area contributed by atoms with E-state index < -0.39 is 0 Å². The maximum absolute atomic E-state index is 6.46. The largest absolute Gasteiger partial charge is 0.377 e. The van der Waals surface area contributed by atoms with Crippen LogP contribution in [-0.2, 0) is 11.2 Å². The molecule has 0 aromatic carbocycles. The van der Waals surface area contributed by atoms with Crippen molar-refractivity contribution in [2.75, 3.05) is 6.61 Å². The first-order valence-electron chi connectivity index (χ1n) is 7.31. The summed E-state index contributed by atoms with van der Waals surface area (Å²) in [4.78, 5) is 1.34. The fraction of sp³-hybridized carbons (Fsp3) is 0.733. The number of thiophene rings is 1. The number of hydrogen-bond donors (Lipinski definition) is 1. The van der Waals surface area contributed by atoms with Gasteiger partial charge in [-0.25, -0.2) is 0 Å². The van der Waals surface area contributed by atoms with Crippen molar-refractivity contribution in [1.29, 1.82) is 0 Å². The average Bonchev–Trinajstić information content (AvgIpc) is 2.82. The van der Waals surface area contributed by atoms with Crippen molar-refractivity contribution in [3.8, 4) is 0 Å². The number of ether oxygens (including phenoxy) is 1. The van der Waals surface area contributed by atoms with E-state index >= 15 is 0 Å². The number of rotatable bonds is 6. The fourth-order valence-corrected chi connectivity index (χ4v) is 4.65. The molecule has 0 spiro atoms. The van der Waals surface area contributed by atoms with Crippen molar-refractivity contribution in [1.82, 2.24) is 0 Å². The normalized spacial score (nSPS) is 20.4. The van der Waals surface area contributed by atoms with Crippen LogP contribution in [0, 0.1) is 5.92 Å². The molecule has 0 amide bonds. The van der Waals surface area contributed by atoms with Crippen LogP contribution >= 0.6 is 27.3 Å². The summed E-state index contributed by atoms with van der Waals surface area (Å²) in [7, 11) is 0. The fourth-order valence-electron chi connectivity index (χ4n) is 3.07. The maximum Gasteiger partial charge on any atom is 0.0757 e. The van der Waals surface area contributed by atoms with E-state index in [0.29, 0.717) is 5.92 Å². The minimum absolute atomic E-state index is 0.109. The Morgan fingerprint density at radius 1 is 1.42 bits per heavy atom. The third-order valence-corrected chi connectivity index (χ3v) is 5.96. The Morgan fingerprint density at radius 2 is 2.16 bits per heavy atom. The van der Waals surface area contributed by atoms with Gasteiger partial charge in [-0.1, -0.05) is 19.3 Å². The molecule has 1 aromatic rings. The molecule has 1 aliphatic carbocycles. The van der Waals surface area contributed by atoms with E-state index in [4.69, 9.17) is 10.5 Å². The predicted molar refractivity (Wildman–Crippen MR) is 85.7 cm³/mol. The molecule has 1 heterocycles. The first-order valence-corrected chi connectivity index (χ1v) is 8.98. The van der Waals surface area contributed by atoms with E-state index in [2.05, 4.69) is 34.3 Å². The molecule has 1 aromatic heterocycles. The number of nitrogens with two attached hydrogens (primary N) is 1. The smallest absolute Gasteiger partial charge is 0.0757 e.